The fourth-order valence-electron chi connectivity index (χ4n) is 1.35. The van der Waals surface area contributed by atoms with Crippen LogP contribution in [0.4, 0.5) is 4.39 Å². The topological polar surface area (TPSA) is 4.93 Å². The molecule has 3 heteroatoms. The monoisotopic (exact) mass is 183 g/mol. The second-order valence-electron chi connectivity index (χ2n) is 2.72. The third-order valence-corrected chi connectivity index (χ3v) is 2.23. The molecule has 0 bridgehead atoms. The average molecular weight is 184 g/mol. The summed E-state index contributed by atoms with van der Waals surface area (Å²) >= 11 is 5.82. The first-order chi connectivity index (χ1) is 5.70. The van der Waals surface area contributed by atoms with Crippen LogP contribution in [0, 0.1) is 5.82 Å². The Morgan fingerprint density at radius 1 is 1.42 bits per heavy atom. The number of hydrogen-bond acceptors (Lipinski definition) is 0. The van der Waals surface area contributed by atoms with E-state index >= 15 is 0 Å². The summed E-state index contributed by atoms with van der Waals surface area (Å²) in [5, 5.41) is 0.965. The summed E-state index contributed by atoms with van der Waals surface area (Å²) in [6, 6.07) is 5.33. The highest BCUT2D eigenvalue weighted by Crippen LogP contribution is 2.26. The van der Waals surface area contributed by atoms with E-state index in [1.165, 1.54) is 6.20 Å². The summed E-state index contributed by atoms with van der Waals surface area (Å²) in [6.07, 6.45) is 1.43. The van der Waals surface area contributed by atoms with Crippen molar-refractivity contribution in [1.82, 2.24) is 4.57 Å². The molecule has 1 aromatic carbocycles. The number of rotatable bonds is 0. The normalized spacial score (nSPS) is 10.9. The van der Waals surface area contributed by atoms with Crippen LogP contribution in [0.2, 0.25) is 5.02 Å². The van der Waals surface area contributed by atoms with Crippen molar-refractivity contribution in [2.45, 2.75) is 0 Å². The van der Waals surface area contributed by atoms with Gasteiger partial charge in [-0.1, -0.05) is 17.7 Å². The van der Waals surface area contributed by atoms with Gasteiger partial charge in [-0.3, -0.25) is 0 Å². The molecule has 0 amide bonds. The van der Waals surface area contributed by atoms with E-state index in [4.69, 9.17) is 11.6 Å². The first-order valence-corrected chi connectivity index (χ1v) is 3.97. The average Bonchev–Trinajstić information content (AvgIpc) is 2.29. The second-order valence-corrected chi connectivity index (χ2v) is 3.13. The molecule has 0 spiro atoms. The number of hydrogen-bond donors (Lipinski definition) is 0. The van der Waals surface area contributed by atoms with Crippen LogP contribution in [0.25, 0.3) is 10.9 Å². The summed E-state index contributed by atoms with van der Waals surface area (Å²) < 4.78 is 14.9. The highest BCUT2D eigenvalue weighted by atomic mass is 35.5. The van der Waals surface area contributed by atoms with Crippen LogP contribution in [0.15, 0.2) is 24.4 Å². The maximum absolute atomic E-state index is 13.2. The second kappa shape index (κ2) is 2.49. The molecule has 0 fully saturated rings. The van der Waals surface area contributed by atoms with E-state index in [-0.39, 0.29) is 5.82 Å². The van der Waals surface area contributed by atoms with Crippen molar-refractivity contribution in [1.29, 1.82) is 0 Å². The van der Waals surface area contributed by atoms with Crippen molar-refractivity contribution in [2.75, 3.05) is 0 Å². The molecule has 0 aliphatic rings. The Hall–Kier alpha value is -1.02. The molecule has 0 saturated carbocycles. The Morgan fingerprint density at radius 2 is 2.17 bits per heavy atom. The molecular weight excluding hydrogens is 177 g/mol. The van der Waals surface area contributed by atoms with E-state index < -0.39 is 0 Å². The van der Waals surface area contributed by atoms with Crippen molar-refractivity contribution in [3.8, 4) is 0 Å². The van der Waals surface area contributed by atoms with Crippen molar-refractivity contribution in [3.05, 3.63) is 35.2 Å². The van der Waals surface area contributed by atoms with Crippen molar-refractivity contribution < 1.29 is 4.39 Å². The van der Waals surface area contributed by atoms with Gasteiger partial charge < -0.3 is 4.57 Å². The third-order valence-electron chi connectivity index (χ3n) is 1.92. The van der Waals surface area contributed by atoms with E-state index in [1.54, 1.807) is 17.7 Å². The lowest BCUT2D eigenvalue weighted by Crippen LogP contribution is -1.82. The molecule has 0 N–H and O–H groups in total. The molecule has 2 rings (SSSR count). The summed E-state index contributed by atoms with van der Waals surface area (Å²) in [6.45, 7) is 0. The van der Waals surface area contributed by atoms with Gasteiger partial charge in [-0.05, 0) is 12.1 Å². The predicted molar refractivity (Wildman–Crippen MR) is 47.9 cm³/mol. The van der Waals surface area contributed by atoms with Crippen molar-refractivity contribution in [3.63, 3.8) is 0 Å². The smallest absolute Gasteiger partial charge is 0.150 e. The van der Waals surface area contributed by atoms with Crippen molar-refractivity contribution in [2.24, 2.45) is 7.05 Å². The standard InChI is InChI=1S/C9H7ClFN/c1-12-5-7(11)9-6(10)3-2-4-8(9)12/h2-5H,1H3. The summed E-state index contributed by atoms with van der Waals surface area (Å²) in [4.78, 5) is 0. The number of fused-ring (bicyclic) bond motifs is 1. The molecule has 1 nitrogen and oxygen atoms in total. The van der Waals surface area contributed by atoms with Gasteiger partial charge in [0, 0.05) is 13.2 Å². The van der Waals surface area contributed by atoms with E-state index in [2.05, 4.69) is 0 Å². The zero-order valence-electron chi connectivity index (χ0n) is 6.51. The van der Waals surface area contributed by atoms with Crippen LogP contribution < -0.4 is 0 Å². The highest BCUT2D eigenvalue weighted by molar-refractivity contribution is 6.35. The van der Waals surface area contributed by atoms with Gasteiger partial charge >= 0.3 is 0 Å². The molecule has 0 saturated heterocycles. The molecule has 0 radical (unpaired) electrons. The van der Waals surface area contributed by atoms with Gasteiger partial charge in [0.1, 0.15) is 5.82 Å². The van der Waals surface area contributed by atoms with Gasteiger partial charge in [-0.25, -0.2) is 4.39 Å². The Bertz CT molecular complexity index is 433. The Morgan fingerprint density at radius 3 is 2.83 bits per heavy atom. The van der Waals surface area contributed by atoms with Crippen LogP contribution in [-0.2, 0) is 7.05 Å². The van der Waals surface area contributed by atoms with E-state index in [9.17, 15) is 4.39 Å². The highest BCUT2D eigenvalue weighted by Gasteiger charge is 2.07. The first-order valence-electron chi connectivity index (χ1n) is 3.59. The maximum atomic E-state index is 13.2. The zero-order chi connectivity index (χ0) is 8.72. The summed E-state index contributed by atoms with van der Waals surface area (Å²) in [5.74, 6) is -0.266. The van der Waals surface area contributed by atoms with Crippen LogP contribution in [0.3, 0.4) is 0 Å². The molecule has 0 aliphatic heterocycles. The number of benzene rings is 1. The van der Waals surface area contributed by atoms with E-state index in [0.29, 0.717) is 10.4 Å². The van der Waals surface area contributed by atoms with Gasteiger partial charge in [0.15, 0.2) is 0 Å². The lowest BCUT2D eigenvalue weighted by Gasteiger charge is -1.95. The summed E-state index contributed by atoms with van der Waals surface area (Å²) in [7, 11) is 1.79. The van der Waals surface area contributed by atoms with Gasteiger partial charge in [0.05, 0.1) is 15.9 Å². The summed E-state index contributed by atoms with van der Waals surface area (Å²) in [5.41, 5.74) is 0.819. The van der Waals surface area contributed by atoms with Crippen LogP contribution in [-0.4, -0.2) is 4.57 Å². The lowest BCUT2D eigenvalue weighted by molar-refractivity contribution is 0.633. The van der Waals surface area contributed by atoms with Gasteiger partial charge in [0.2, 0.25) is 0 Å². The van der Waals surface area contributed by atoms with Crippen LogP contribution in [0.5, 0.6) is 0 Å². The number of aromatic nitrogens is 1. The fourth-order valence-corrected chi connectivity index (χ4v) is 1.61. The minimum absolute atomic E-state index is 0.266. The molecule has 1 heterocycles. The molecule has 1 aromatic heterocycles. The van der Waals surface area contributed by atoms with E-state index in [0.717, 1.165) is 5.52 Å². The minimum atomic E-state index is -0.266. The quantitative estimate of drug-likeness (QED) is 0.592. The van der Waals surface area contributed by atoms with Crippen LogP contribution in [0.1, 0.15) is 0 Å². The molecule has 12 heavy (non-hydrogen) atoms. The molecule has 2 aromatic rings. The van der Waals surface area contributed by atoms with Gasteiger partial charge in [-0.15, -0.1) is 0 Å². The van der Waals surface area contributed by atoms with Crippen molar-refractivity contribution >= 4 is 22.5 Å². The van der Waals surface area contributed by atoms with Gasteiger partial charge in [-0.2, -0.15) is 0 Å². The molecule has 0 unspecified atom stereocenters. The third kappa shape index (κ3) is 0.916. The minimum Gasteiger partial charge on any atom is -0.348 e. The largest absolute Gasteiger partial charge is 0.348 e. The number of aryl methyl sites for hydroxylation is 1. The van der Waals surface area contributed by atoms with E-state index in [1.807, 2.05) is 12.1 Å². The Kier molecular flexibility index (Phi) is 1.58. The SMILES string of the molecule is Cn1cc(F)c2c(Cl)cccc21. The van der Waals surface area contributed by atoms with Gasteiger partial charge in [0.25, 0.3) is 0 Å². The lowest BCUT2D eigenvalue weighted by atomic mass is 10.2. The molecule has 0 aliphatic carbocycles. The molecule has 62 valence electrons. The Labute approximate surface area is 74.4 Å². The zero-order valence-corrected chi connectivity index (χ0v) is 7.27. The predicted octanol–water partition coefficient (Wildman–Crippen LogP) is 2.97. The fraction of sp³-hybridized carbons (Fsp3) is 0.111. The van der Waals surface area contributed by atoms with Crippen LogP contribution >= 0.6 is 11.6 Å². The first kappa shape index (κ1) is 7.62. The Balaban J connectivity index is 2.99. The number of nitrogens with zero attached hydrogens (tertiary/aromatic N) is 1. The number of halogens is 2. The maximum Gasteiger partial charge on any atom is 0.150 e. The molecular formula is C9H7ClFN. The molecule has 0 atom stereocenters.